The molecule has 0 spiro atoms. The molecule has 2 aliphatic rings. The maximum absolute atomic E-state index is 6.11. The molecule has 0 radical (unpaired) electrons. The van der Waals surface area contributed by atoms with Crippen molar-refractivity contribution < 1.29 is 4.74 Å². The smallest absolute Gasteiger partial charge is 0.193 e. The summed E-state index contributed by atoms with van der Waals surface area (Å²) in [4.78, 5) is 11.3. The molecule has 6 nitrogen and oxygen atoms in total. The number of fused-ring (bicyclic) bond motifs is 1. The molecule has 1 aromatic heterocycles. The molecule has 1 saturated heterocycles. The minimum absolute atomic E-state index is 0.430. The normalized spacial score (nSPS) is 17.2. The van der Waals surface area contributed by atoms with Gasteiger partial charge < -0.3 is 20.7 Å². The molecule has 26 heavy (non-hydrogen) atoms. The van der Waals surface area contributed by atoms with Crippen molar-refractivity contribution in [1.29, 1.82) is 0 Å². The van der Waals surface area contributed by atoms with E-state index in [9.17, 15) is 0 Å². The molecule has 0 unspecified atom stereocenters. The fourth-order valence-electron chi connectivity index (χ4n) is 3.62. The fraction of sp³-hybridized carbons (Fsp3) is 0.400. The molecule has 0 atom stereocenters. The largest absolute Gasteiger partial charge is 0.378 e. The Bertz CT molecular complexity index is 799. The van der Waals surface area contributed by atoms with E-state index in [0.29, 0.717) is 12.5 Å². The third-order valence-electron chi connectivity index (χ3n) is 4.97. The molecule has 0 amide bonds. The highest BCUT2D eigenvalue weighted by molar-refractivity contribution is 5.92. The van der Waals surface area contributed by atoms with E-state index in [4.69, 9.17) is 10.5 Å². The average Bonchev–Trinajstić information content (AvgIpc) is 3.15. The number of hydrogen-bond donors (Lipinski definition) is 2. The Kier molecular flexibility index (Phi) is 5.02. The zero-order valence-electron chi connectivity index (χ0n) is 14.9. The lowest BCUT2D eigenvalue weighted by Crippen LogP contribution is -2.37. The Morgan fingerprint density at radius 1 is 1.19 bits per heavy atom. The number of aryl methyl sites for hydroxylation is 2. The number of benzene rings is 1. The molecule has 1 aliphatic heterocycles. The van der Waals surface area contributed by atoms with Gasteiger partial charge in [0.05, 0.1) is 19.8 Å². The molecular weight excluding hydrogens is 326 g/mol. The van der Waals surface area contributed by atoms with Crippen LogP contribution in [0.3, 0.4) is 0 Å². The zero-order valence-corrected chi connectivity index (χ0v) is 14.9. The standard InChI is InChI=1S/C20H25N5O/c21-20(24-18-7-6-15-3-1-4-16(15)13-18)23-14-17-5-2-8-22-19(17)25-9-11-26-12-10-25/h2,5-8,13H,1,3-4,9-12,14H2,(H3,21,23,24). The van der Waals surface area contributed by atoms with Gasteiger partial charge in [0.25, 0.3) is 0 Å². The van der Waals surface area contributed by atoms with Crippen LogP contribution in [0, 0.1) is 0 Å². The van der Waals surface area contributed by atoms with Crippen molar-refractivity contribution in [2.45, 2.75) is 25.8 Å². The fourth-order valence-corrected chi connectivity index (χ4v) is 3.62. The minimum Gasteiger partial charge on any atom is -0.378 e. The van der Waals surface area contributed by atoms with E-state index < -0.39 is 0 Å². The van der Waals surface area contributed by atoms with Gasteiger partial charge in [-0.15, -0.1) is 0 Å². The summed E-state index contributed by atoms with van der Waals surface area (Å²) >= 11 is 0. The Morgan fingerprint density at radius 2 is 2.04 bits per heavy atom. The van der Waals surface area contributed by atoms with E-state index in [1.807, 2.05) is 12.3 Å². The van der Waals surface area contributed by atoms with Crippen LogP contribution in [0.4, 0.5) is 11.5 Å². The van der Waals surface area contributed by atoms with Crippen molar-refractivity contribution in [1.82, 2.24) is 4.98 Å². The highest BCUT2D eigenvalue weighted by atomic mass is 16.5. The second-order valence-corrected chi connectivity index (χ2v) is 6.75. The Morgan fingerprint density at radius 3 is 2.92 bits per heavy atom. The third kappa shape index (κ3) is 3.80. The number of hydrogen-bond acceptors (Lipinski definition) is 4. The van der Waals surface area contributed by atoms with Crippen LogP contribution in [0.1, 0.15) is 23.1 Å². The lowest BCUT2D eigenvalue weighted by Gasteiger charge is -2.29. The number of guanidine groups is 1. The summed E-state index contributed by atoms with van der Waals surface area (Å²) in [6.07, 6.45) is 5.41. The third-order valence-corrected chi connectivity index (χ3v) is 4.97. The van der Waals surface area contributed by atoms with E-state index in [-0.39, 0.29) is 0 Å². The van der Waals surface area contributed by atoms with E-state index in [0.717, 1.165) is 49.8 Å². The molecule has 1 aliphatic carbocycles. The van der Waals surface area contributed by atoms with Gasteiger partial charge in [0.15, 0.2) is 5.96 Å². The maximum atomic E-state index is 6.11. The minimum atomic E-state index is 0.430. The molecule has 4 rings (SSSR count). The summed E-state index contributed by atoms with van der Waals surface area (Å²) in [7, 11) is 0. The number of nitrogens with two attached hydrogens (primary N) is 1. The second-order valence-electron chi connectivity index (χ2n) is 6.75. The van der Waals surface area contributed by atoms with Crippen molar-refractivity contribution in [2.24, 2.45) is 10.7 Å². The molecular formula is C20H25N5O. The lowest BCUT2D eigenvalue weighted by atomic mass is 10.1. The molecule has 6 heteroatoms. The van der Waals surface area contributed by atoms with Gasteiger partial charge in [-0.3, -0.25) is 0 Å². The number of aliphatic imine (C=N–C) groups is 1. The molecule has 2 aromatic rings. The molecule has 2 heterocycles. The van der Waals surface area contributed by atoms with Gasteiger partial charge >= 0.3 is 0 Å². The van der Waals surface area contributed by atoms with Crippen molar-refractivity contribution in [3.8, 4) is 0 Å². The SMILES string of the molecule is NC(=NCc1cccnc1N1CCOCC1)Nc1ccc2c(c1)CCC2. The monoisotopic (exact) mass is 351 g/mol. The summed E-state index contributed by atoms with van der Waals surface area (Å²) in [6.45, 7) is 3.69. The van der Waals surface area contributed by atoms with Crippen LogP contribution < -0.4 is 16.0 Å². The van der Waals surface area contributed by atoms with Crippen LogP contribution in [0.2, 0.25) is 0 Å². The van der Waals surface area contributed by atoms with Gasteiger partial charge in [-0.1, -0.05) is 12.1 Å². The number of ether oxygens (including phenoxy) is 1. The lowest BCUT2D eigenvalue weighted by molar-refractivity contribution is 0.122. The number of nitrogens with one attached hydrogen (secondary N) is 1. The summed E-state index contributed by atoms with van der Waals surface area (Å²) in [6, 6.07) is 10.5. The maximum Gasteiger partial charge on any atom is 0.193 e. The first-order chi connectivity index (χ1) is 12.8. The number of anilines is 2. The summed E-state index contributed by atoms with van der Waals surface area (Å²) in [5.41, 5.74) is 11.1. The summed E-state index contributed by atoms with van der Waals surface area (Å²) in [5.74, 6) is 1.41. The van der Waals surface area contributed by atoms with E-state index in [1.165, 1.54) is 24.0 Å². The first-order valence-corrected chi connectivity index (χ1v) is 9.25. The predicted octanol–water partition coefficient (Wildman–Crippen LogP) is 2.33. The quantitative estimate of drug-likeness (QED) is 0.653. The van der Waals surface area contributed by atoms with Crippen LogP contribution in [-0.4, -0.2) is 37.2 Å². The van der Waals surface area contributed by atoms with Gasteiger partial charge in [-0.05, 0) is 48.6 Å². The number of aromatic nitrogens is 1. The van der Waals surface area contributed by atoms with E-state index in [1.54, 1.807) is 0 Å². The number of morpholine rings is 1. The zero-order chi connectivity index (χ0) is 17.8. The molecule has 136 valence electrons. The second kappa shape index (κ2) is 7.74. The van der Waals surface area contributed by atoms with Crippen LogP contribution in [0.25, 0.3) is 0 Å². The Hall–Kier alpha value is -2.60. The number of rotatable bonds is 4. The van der Waals surface area contributed by atoms with Crippen molar-refractivity contribution in [2.75, 3.05) is 36.5 Å². The number of pyridine rings is 1. The number of nitrogens with zero attached hydrogens (tertiary/aromatic N) is 3. The van der Waals surface area contributed by atoms with Gasteiger partial charge in [-0.25, -0.2) is 9.98 Å². The molecule has 1 aromatic carbocycles. The predicted molar refractivity (Wildman–Crippen MR) is 105 cm³/mol. The van der Waals surface area contributed by atoms with E-state index >= 15 is 0 Å². The first kappa shape index (κ1) is 16.8. The van der Waals surface area contributed by atoms with E-state index in [2.05, 4.69) is 44.5 Å². The van der Waals surface area contributed by atoms with Crippen LogP contribution >= 0.6 is 0 Å². The highest BCUT2D eigenvalue weighted by Gasteiger charge is 2.15. The van der Waals surface area contributed by atoms with Crippen molar-refractivity contribution in [3.63, 3.8) is 0 Å². The topological polar surface area (TPSA) is 75.8 Å². The highest BCUT2D eigenvalue weighted by Crippen LogP contribution is 2.25. The molecule has 0 bridgehead atoms. The first-order valence-electron chi connectivity index (χ1n) is 9.25. The summed E-state index contributed by atoms with van der Waals surface area (Å²) < 4.78 is 5.43. The van der Waals surface area contributed by atoms with Gasteiger partial charge in [-0.2, -0.15) is 0 Å². The van der Waals surface area contributed by atoms with Crippen LogP contribution in [-0.2, 0) is 24.1 Å². The van der Waals surface area contributed by atoms with Crippen LogP contribution in [0.5, 0.6) is 0 Å². The average molecular weight is 351 g/mol. The van der Waals surface area contributed by atoms with Gasteiger partial charge in [0.2, 0.25) is 0 Å². The molecule has 3 N–H and O–H groups in total. The Balaban J connectivity index is 1.44. The summed E-state index contributed by atoms with van der Waals surface area (Å²) in [5, 5.41) is 3.21. The van der Waals surface area contributed by atoms with Gasteiger partial charge in [0.1, 0.15) is 5.82 Å². The molecule has 1 fully saturated rings. The van der Waals surface area contributed by atoms with Crippen LogP contribution in [0.15, 0.2) is 41.5 Å². The van der Waals surface area contributed by atoms with Gasteiger partial charge in [0, 0.05) is 30.5 Å². The van der Waals surface area contributed by atoms with Crippen molar-refractivity contribution in [3.05, 3.63) is 53.2 Å². The Labute approximate surface area is 154 Å². The molecule has 0 saturated carbocycles. The van der Waals surface area contributed by atoms with Crippen molar-refractivity contribution >= 4 is 17.5 Å².